The van der Waals surface area contributed by atoms with E-state index in [1.165, 1.54) is 5.56 Å². The van der Waals surface area contributed by atoms with Crippen LogP contribution in [0.5, 0.6) is 0 Å². The SMILES string of the molecule is CC[C@H](C)c1ccccc1NC(=O)C1CC1. The molecule has 2 rings (SSSR count). The molecule has 2 nitrogen and oxygen atoms in total. The summed E-state index contributed by atoms with van der Waals surface area (Å²) in [4.78, 5) is 11.7. The van der Waals surface area contributed by atoms with Crippen molar-refractivity contribution in [1.29, 1.82) is 0 Å². The first kappa shape index (κ1) is 11.2. The van der Waals surface area contributed by atoms with Crippen LogP contribution >= 0.6 is 0 Å². The fourth-order valence-corrected chi connectivity index (χ4v) is 1.84. The maximum absolute atomic E-state index is 11.7. The van der Waals surface area contributed by atoms with Gasteiger partial charge >= 0.3 is 0 Å². The van der Waals surface area contributed by atoms with Gasteiger partial charge in [0.15, 0.2) is 0 Å². The Balaban J connectivity index is 2.15. The Bertz CT molecular complexity index is 382. The highest BCUT2D eigenvalue weighted by Crippen LogP contribution is 2.32. The standard InChI is InChI=1S/C14H19NO/c1-3-10(2)12-6-4-5-7-13(12)15-14(16)11-8-9-11/h4-7,10-11H,3,8-9H2,1-2H3,(H,15,16)/t10-/m0/s1. The average molecular weight is 217 g/mol. The van der Waals surface area contributed by atoms with Gasteiger partial charge in [0.2, 0.25) is 5.91 Å². The van der Waals surface area contributed by atoms with Crippen LogP contribution in [0.4, 0.5) is 5.69 Å². The van der Waals surface area contributed by atoms with E-state index in [2.05, 4.69) is 25.2 Å². The summed E-state index contributed by atoms with van der Waals surface area (Å²) >= 11 is 0. The summed E-state index contributed by atoms with van der Waals surface area (Å²) in [5.41, 5.74) is 2.24. The number of nitrogens with one attached hydrogen (secondary N) is 1. The van der Waals surface area contributed by atoms with Crippen molar-refractivity contribution >= 4 is 11.6 Å². The molecule has 2 heteroatoms. The van der Waals surface area contributed by atoms with Crippen LogP contribution in [-0.4, -0.2) is 5.91 Å². The summed E-state index contributed by atoms with van der Waals surface area (Å²) in [5, 5.41) is 3.05. The Morgan fingerprint density at radius 3 is 2.75 bits per heavy atom. The van der Waals surface area contributed by atoms with E-state index in [1.54, 1.807) is 0 Å². The Labute approximate surface area is 97.1 Å². The lowest BCUT2D eigenvalue weighted by molar-refractivity contribution is -0.117. The van der Waals surface area contributed by atoms with Crippen LogP contribution < -0.4 is 5.32 Å². The third-order valence-corrected chi connectivity index (χ3v) is 3.31. The molecule has 1 aromatic rings. The van der Waals surface area contributed by atoms with Gasteiger partial charge in [0.1, 0.15) is 0 Å². The minimum absolute atomic E-state index is 0.191. The first-order valence-corrected chi connectivity index (χ1v) is 6.12. The molecular weight excluding hydrogens is 198 g/mol. The molecule has 86 valence electrons. The van der Waals surface area contributed by atoms with Crippen molar-refractivity contribution in [1.82, 2.24) is 0 Å². The van der Waals surface area contributed by atoms with Crippen molar-refractivity contribution in [3.05, 3.63) is 29.8 Å². The summed E-state index contributed by atoms with van der Waals surface area (Å²) in [7, 11) is 0. The van der Waals surface area contributed by atoms with Gasteiger partial charge in [0, 0.05) is 11.6 Å². The van der Waals surface area contributed by atoms with E-state index in [1.807, 2.05) is 18.2 Å². The van der Waals surface area contributed by atoms with Gasteiger partial charge in [-0.2, -0.15) is 0 Å². The molecule has 16 heavy (non-hydrogen) atoms. The average Bonchev–Trinajstić information content (AvgIpc) is 3.12. The molecule has 1 atom stereocenters. The zero-order valence-corrected chi connectivity index (χ0v) is 9.99. The number of carbonyl (C=O) groups is 1. The molecule has 0 heterocycles. The summed E-state index contributed by atoms with van der Waals surface area (Å²) in [6.45, 7) is 4.37. The number of rotatable bonds is 4. The second kappa shape index (κ2) is 4.69. The van der Waals surface area contributed by atoms with Crippen molar-refractivity contribution < 1.29 is 4.79 Å². The van der Waals surface area contributed by atoms with Gasteiger partial charge in [0.25, 0.3) is 0 Å². The third-order valence-electron chi connectivity index (χ3n) is 3.31. The quantitative estimate of drug-likeness (QED) is 0.821. The van der Waals surface area contributed by atoms with Crippen LogP contribution in [0, 0.1) is 5.92 Å². The molecule has 0 saturated heterocycles. The first-order valence-electron chi connectivity index (χ1n) is 6.12. The molecule has 1 amide bonds. The molecular formula is C14H19NO. The number of para-hydroxylation sites is 1. The van der Waals surface area contributed by atoms with Crippen LogP contribution in [0.3, 0.4) is 0 Å². The maximum atomic E-state index is 11.7. The summed E-state index contributed by atoms with van der Waals surface area (Å²) < 4.78 is 0. The number of benzene rings is 1. The third kappa shape index (κ3) is 2.43. The van der Waals surface area contributed by atoms with Crippen LogP contribution in [0.25, 0.3) is 0 Å². The molecule has 1 aromatic carbocycles. The van der Waals surface area contributed by atoms with Gasteiger partial charge in [-0.25, -0.2) is 0 Å². The zero-order valence-electron chi connectivity index (χ0n) is 9.99. The Hall–Kier alpha value is -1.31. The fraction of sp³-hybridized carbons (Fsp3) is 0.500. The van der Waals surface area contributed by atoms with Crippen LogP contribution in [-0.2, 0) is 4.79 Å². The van der Waals surface area contributed by atoms with Crippen LogP contribution in [0.15, 0.2) is 24.3 Å². The lowest BCUT2D eigenvalue weighted by Crippen LogP contribution is -2.15. The van der Waals surface area contributed by atoms with Gasteiger partial charge in [0.05, 0.1) is 0 Å². The smallest absolute Gasteiger partial charge is 0.227 e. The molecule has 0 aromatic heterocycles. The van der Waals surface area contributed by atoms with Gasteiger partial charge in [-0.15, -0.1) is 0 Å². The molecule has 0 radical (unpaired) electrons. The van der Waals surface area contributed by atoms with E-state index in [9.17, 15) is 4.79 Å². The Morgan fingerprint density at radius 1 is 1.44 bits per heavy atom. The minimum Gasteiger partial charge on any atom is -0.326 e. The topological polar surface area (TPSA) is 29.1 Å². The highest BCUT2D eigenvalue weighted by Gasteiger charge is 2.29. The number of amides is 1. The lowest BCUT2D eigenvalue weighted by atomic mass is 9.97. The molecule has 0 unspecified atom stereocenters. The first-order chi connectivity index (χ1) is 7.72. The summed E-state index contributed by atoms with van der Waals surface area (Å²) in [5.74, 6) is 0.955. The molecule has 1 aliphatic rings. The highest BCUT2D eigenvalue weighted by atomic mass is 16.2. The monoisotopic (exact) mass is 217 g/mol. The molecule has 1 fully saturated rings. The predicted molar refractivity (Wildman–Crippen MR) is 66.5 cm³/mol. The van der Waals surface area contributed by atoms with Gasteiger partial charge in [-0.1, -0.05) is 32.0 Å². The summed E-state index contributed by atoms with van der Waals surface area (Å²) in [6, 6.07) is 8.13. The summed E-state index contributed by atoms with van der Waals surface area (Å²) in [6.07, 6.45) is 3.20. The van der Waals surface area contributed by atoms with Gasteiger partial charge in [-0.3, -0.25) is 4.79 Å². The number of anilines is 1. The molecule has 0 bridgehead atoms. The van der Waals surface area contributed by atoms with E-state index in [0.29, 0.717) is 5.92 Å². The molecule has 1 N–H and O–H groups in total. The van der Waals surface area contributed by atoms with E-state index in [-0.39, 0.29) is 11.8 Å². The van der Waals surface area contributed by atoms with Crippen molar-refractivity contribution in [3.8, 4) is 0 Å². The molecule has 0 aliphatic heterocycles. The van der Waals surface area contributed by atoms with E-state index in [4.69, 9.17) is 0 Å². The second-order valence-corrected chi connectivity index (χ2v) is 4.66. The van der Waals surface area contributed by atoms with Crippen molar-refractivity contribution in [2.45, 2.75) is 39.0 Å². The normalized spacial score (nSPS) is 16.9. The molecule has 1 saturated carbocycles. The lowest BCUT2D eigenvalue weighted by Gasteiger charge is -2.15. The second-order valence-electron chi connectivity index (χ2n) is 4.66. The number of hydrogen-bond acceptors (Lipinski definition) is 1. The number of carbonyl (C=O) groups excluding carboxylic acids is 1. The Kier molecular flexibility index (Phi) is 3.28. The van der Waals surface area contributed by atoms with Crippen molar-refractivity contribution in [2.24, 2.45) is 5.92 Å². The number of hydrogen-bond donors (Lipinski definition) is 1. The van der Waals surface area contributed by atoms with E-state index >= 15 is 0 Å². The minimum atomic E-state index is 0.191. The fourth-order valence-electron chi connectivity index (χ4n) is 1.84. The van der Waals surface area contributed by atoms with Crippen molar-refractivity contribution in [3.63, 3.8) is 0 Å². The largest absolute Gasteiger partial charge is 0.326 e. The van der Waals surface area contributed by atoms with Gasteiger partial charge < -0.3 is 5.32 Å². The van der Waals surface area contributed by atoms with Crippen LogP contribution in [0.1, 0.15) is 44.6 Å². The maximum Gasteiger partial charge on any atom is 0.227 e. The predicted octanol–water partition coefficient (Wildman–Crippen LogP) is 3.55. The van der Waals surface area contributed by atoms with E-state index in [0.717, 1.165) is 24.9 Å². The molecule has 1 aliphatic carbocycles. The van der Waals surface area contributed by atoms with E-state index < -0.39 is 0 Å². The highest BCUT2D eigenvalue weighted by molar-refractivity contribution is 5.94. The van der Waals surface area contributed by atoms with Crippen LogP contribution in [0.2, 0.25) is 0 Å². The molecule has 0 spiro atoms. The van der Waals surface area contributed by atoms with Crippen molar-refractivity contribution in [2.75, 3.05) is 5.32 Å². The van der Waals surface area contributed by atoms with Gasteiger partial charge in [-0.05, 0) is 36.8 Å². The zero-order chi connectivity index (χ0) is 11.5. The Morgan fingerprint density at radius 2 is 2.12 bits per heavy atom.